The van der Waals surface area contributed by atoms with E-state index in [0.29, 0.717) is 11.3 Å². The molecule has 1 saturated carbocycles. The van der Waals surface area contributed by atoms with E-state index < -0.39 is 0 Å². The smallest absolute Gasteiger partial charge is 0.165 e. The van der Waals surface area contributed by atoms with Gasteiger partial charge in [-0.25, -0.2) is 4.68 Å². The quantitative estimate of drug-likeness (QED) is 0.822. The maximum Gasteiger partial charge on any atom is 0.165 e. The summed E-state index contributed by atoms with van der Waals surface area (Å²) in [6.07, 6.45) is 6.59. The van der Waals surface area contributed by atoms with Gasteiger partial charge in [0.1, 0.15) is 0 Å². The summed E-state index contributed by atoms with van der Waals surface area (Å²) < 4.78 is 2.02. The molecule has 0 aromatic carbocycles. The zero-order valence-corrected chi connectivity index (χ0v) is 12.5. The number of nitrogens with zero attached hydrogens (tertiary/aromatic N) is 4. The Kier molecular flexibility index (Phi) is 4.91. The molecular formula is C14H27N5. The van der Waals surface area contributed by atoms with Crippen molar-refractivity contribution in [2.24, 2.45) is 11.3 Å². The predicted molar refractivity (Wildman–Crippen MR) is 75.6 cm³/mol. The standard InChI is InChI=1S/C14H27N5/c1-4-14(7-5-6-8-14)11-19-13(16-17-18-19)10-15-9-12(2)3/h12,15H,4-11H2,1-3H3. The van der Waals surface area contributed by atoms with Crippen molar-refractivity contribution < 1.29 is 0 Å². The number of aromatic nitrogens is 4. The van der Waals surface area contributed by atoms with Gasteiger partial charge in [-0.15, -0.1) is 5.10 Å². The minimum atomic E-state index is 0.433. The molecule has 5 nitrogen and oxygen atoms in total. The third-order valence-corrected chi connectivity index (χ3v) is 4.34. The predicted octanol–water partition coefficient (Wildman–Crippen LogP) is 2.39. The molecule has 1 aliphatic rings. The molecule has 1 aliphatic carbocycles. The molecule has 0 amide bonds. The average Bonchev–Trinajstić information content (AvgIpc) is 3.00. The Bertz CT molecular complexity index is 379. The summed E-state index contributed by atoms with van der Waals surface area (Å²) in [4.78, 5) is 0. The van der Waals surface area contributed by atoms with E-state index in [9.17, 15) is 0 Å². The molecule has 5 heteroatoms. The molecule has 1 fully saturated rings. The number of rotatable bonds is 7. The fourth-order valence-corrected chi connectivity index (χ4v) is 3.01. The molecule has 0 unspecified atom stereocenters. The van der Waals surface area contributed by atoms with Crippen molar-refractivity contribution >= 4 is 0 Å². The monoisotopic (exact) mass is 265 g/mol. The summed E-state index contributed by atoms with van der Waals surface area (Å²) in [5, 5.41) is 15.6. The third-order valence-electron chi connectivity index (χ3n) is 4.34. The van der Waals surface area contributed by atoms with Crippen molar-refractivity contribution in [3.63, 3.8) is 0 Å². The molecule has 1 aromatic heterocycles. The van der Waals surface area contributed by atoms with Gasteiger partial charge < -0.3 is 5.32 Å². The van der Waals surface area contributed by atoms with Crippen LogP contribution < -0.4 is 5.32 Å². The minimum Gasteiger partial charge on any atom is -0.310 e. The fraction of sp³-hybridized carbons (Fsp3) is 0.929. The lowest BCUT2D eigenvalue weighted by Crippen LogP contribution is -2.27. The number of tetrazole rings is 1. The molecule has 1 heterocycles. The van der Waals surface area contributed by atoms with Gasteiger partial charge in [0.05, 0.1) is 13.1 Å². The topological polar surface area (TPSA) is 55.6 Å². The molecule has 0 atom stereocenters. The van der Waals surface area contributed by atoms with Gasteiger partial charge in [-0.3, -0.25) is 0 Å². The molecule has 0 bridgehead atoms. The van der Waals surface area contributed by atoms with Crippen LogP contribution in [0.3, 0.4) is 0 Å². The molecule has 0 aliphatic heterocycles. The Balaban J connectivity index is 1.95. The van der Waals surface area contributed by atoms with Crippen LogP contribution in [0.5, 0.6) is 0 Å². The van der Waals surface area contributed by atoms with E-state index in [1.54, 1.807) is 0 Å². The molecule has 0 saturated heterocycles. The van der Waals surface area contributed by atoms with Gasteiger partial charge in [0, 0.05) is 0 Å². The lowest BCUT2D eigenvalue weighted by molar-refractivity contribution is 0.221. The highest BCUT2D eigenvalue weighted by Crippen LogP contribution is 2.42. The van der Waals surface area contributed by atoms with Crippen LogP contribution in [0.15, 0.2) is 0 Å². The maximum absolute atomic E-state index is 4.19. The molecule has 108 valence electrons. The Hall–Kier alpha value is -0.970. The first kappa shape index (κ1) is 14.4. The number of nitrogens with one attached hydrogen (secondary N) is 1. The van der Waals surface area contributed by atoms with E-state index in [1.807, 2.05) is 4.68 Å². The summed E-state index contributed by atoms with van der Waals surface area (Å²) in [7, 11) is 0. The Morgan fingerprint density at radius 2 is 2.05 bits per heavy atom. The molecule has 1 N–H and O–H groups in total. The molecule has 0 spiro atoms. The summed E-state index contributed by atoms with van der Waals surface area (Å²) in [6, 6.07) is 0. The summed E-state index contributed by atoms with van der Waals surface area (Å²) >= 11 is 0. The first-order valence-electron chi connectivity index (χ1n) is 7.61. The van der Waals surface area contributed by atoms with Crippen LogP contribution in [0.4, 0.5) is 0 Å². The minimum absolute atomic E-state index is 0.433. The van der Waals surface area contributed by atoms with Crippen LogP contribution in [0.1, 0.15) is 58.7 Å². The lowest BCUT2D eigenvalue weighted by atomic mass is 9.83. The van der Waals surface area contributed by atoms with Crippen LogP contribution in [-0.4, -0.2) is 26.8 Å². The van der Waals surface area contributed by atoms with Crippen molar-refractivity contribution in [3.8, 4) is 0 Å². The zero-order valence-electron chi connectivity index (χ0n) is 12.5. The van der Waals surface area contributed by atoms with Crippen LogP contribution in [0.2, 0.25) is 0 Å². The van der Waals surface area contributed by atoms with Gasteiger partial charge in [0.25, 0.3) is 0 Å². The molecular weight excluding hydrogens is 238 g/mol. The van der Waals surface area contributed by atoms with E-state index in [4.69, 9.17) is 0 Å². The van der Waals surface area contributed by atoms with E-state index in [-0.39, 0.29) is 0 Å². The van der Waals surface area contributed by atoms with Gasteiger partial charge in [0.2, 0.25) is 0 Å². The fourth-order valence-electron chi connectivity index (χ4n) is 3.01. The lowest BCUT2D eigenvalue weighted by Gasteiger charge is -2.27. The van der Waals surface area contributed by atoms with Gasteiger partial charge in [-0.2, -0.15) is 0 Å². The van der Waals surface area contributed by atoms with Crippen molar-refractivity contribution in [2.75, 3.05) is 6.54 Å². The largest absolute Gasteiger partial charge is 0.310 e. The van der Waals surface area contributed by atoms with Gasteiger partial charge >= 0.3 is 0 Å². The summed E-state index contributed by atoms with van der Waals surface area (Å²) in [5.41, 5.74) is 0.433. The van der Waals surface area contributed by atoms with Gasteiger partial charge in [-0.1, -0.05) is 33.6 Å². The maximum atomic E-state index is 4.19. The van der Waals surface area contributed by atoms with Crippen LogP contribution in [0, 0.1) is 11.3 Å². The second-order valence-electron chi connectivity index (χ2n) is 6.34. The van der Waals surface area contributed by atoms with Crippen LogP contribution in [-0.2, 0) is 13.1 Å². The van der Waals surface area contributed by atoms with Crippen LogP contribution >= 0.6 is 0 Å². The second kappa shape index (κ2) is 6.46. The molecule has 2 rings (SSSR count). The molecule has 0 radical (unpaired) electrons. The summed E-state index contributed by atoms with van der Waals surface area (Å²) in [5.74, 6) is 1.63. The normalized spacial score (nSPS) is 18.3. The zero-order chi connectivity index (χ0) is 13.7. The van der Waals surface area contributed by atoms with E-state index in [1.165, 1.54) is 32.1 Å². The van der Waals surface area contributed by atoms with E-state index in [0.717, 1.165) is 25.5 Å². The second-order valence-corrected chi connectivity index (χ2v) is 6.34. The Labute approximate surface area is 116 Å². The SMILES string of the molecule is CCC1(Cn2nnnc2CNCC(C)C)CCCC1. The van der Waals surface area contributed by atoms with Crippen molar-refractivity contribution in [1.82, 2.24) is 25.5 Å². The van der Waals surface area contributed by atoms with Crippen LogP contribution in [0.25, 0.3) is 0 Å². The Morgan fingerprint density at radius 1 is 1.32 bits per heavy atom. The number of hydrogen-bond acceptors (Lipinski definition) is 4. The van der Waals surface area contributed by atoms with Crippen molar-refractivity contribution in [3.05, 3.63) is 5.82 Å². The highest BCUT2D eigenvalue weighted by molar-refractivity contribution is 4.88. The molecule has 19 heavy (non-hydrogen) atoms. The highest BCUT2D eigenvalue weighted by atomic mass is 15.5. The summed E-state index contributed by atoms with van der Waals surface area (Å²) in [6.45, 7) is 9.47. The average molecular weight is 265 g/mol. The van der Waals surface area contributed by atoms with E-state index >= 15 is 0 Å². The number of hydrogen-bond donors (Lipinski definition) is 1. The Morgan fingerprint density at radius 3 is 2.68 bits per heavy atom. The van der Waals surface area contributed by atoms with Crippen molar-refractivity contribution in [2.45, 2.75) is 66.0 Å². The first-order valence-corrected chi connectivity index (χ1v) is 7.61. The first-order chi connectivity index (χ1) is 9.15. The van der Waals surface area contributed by atoms with Crippen molar-refractivity contribution in [1.29, 1.82) is 0 Å². The van der Waals surface area contributed by atoms with Gasteiger partial charge in [-0.05, 0) is 47.6 Å². The third kappa shape index (κ3) is 3.75. The van der Waals surface area contributed by atoms with Gasteiger partial charge in [0.15, 0.2) is 5.82 Å². The molecule has 1 aromatic rings. The highest BCUT2D eigenvalue weighted by Gasteiger charge is 2.33. The van der Waals surface area contributed by atoms with E-state index in [2.05, 4.69) is 41.6 Å².